The highest BCUT2D eigenvalue weighted by molar-refractivity contribution is 5.70. The summed E-state index contributed by atoms with van der Waals surface area (Å²) in [6, 6.07) is 31.9. The fraction of sp³-hybridized carbons (Fsp3) is 0. The van der Waals surface area contributed by atoms with Gasteiger partial charge in [0.25, 0.3) is 16.7 Å². The molecule has 0 N–H and O–H groups in total. The van der Waals surface area contributed by atoms with Crippen LogP contribution in [0.25, 0.3) is 33.4 Å². The maximum absolute atomic E-state index is 2.26. The van der Waals surface area contributed by atoms with E-state index in [2.05, 4.69) is 112 Å². The standard InChI is InChI=1S/C24H18N2.2BrH/c1-2-8-19(9-3-1)20-12-14-21(15-13-20)24-18-25-16-6-4-10-22(25)23-11-5-7-17-26(23)24;;/h1-18H;2*1H/q+2;;/p-2. The number of benzene rings is 2. The van der Waals surface area contributed by atoms with Gasteiger partial charge >= 0.3 is 0 Å². The Balaban J connectivity index is 0.00000112. The summed E-state index contributed by atoms with van der Waals surface area (Å²) in [4.78, 5) is 0. The Hall–Kier alpha value is -2.56. The van der Waals surface area contributed by atoms with E-state index in [4.69, 9.17) is 0 Å². The third-order valence-electron chi connectivity index (χ3n) is 4.82. The number of aromatic nitrogens is 2. The first-order valence-electron chi connectivity index (χ1n) is 8.79. The van der Waals surface area contributed by atoms with E-state index in [9.17, 15) is 0 Å². The summed E-state index contributed by atoms with van der Waals surface area (Å²) in [5.74, 6) is 0. The second-order valence-corrected chi connectivity index (χ2v) is 6.41. The zero-order chi connectivity index (χ0) is 17.3. The van der Waals surface area contributed by atoms with Crippen LogP contribution < -0.4 is 42.8 Å². The fourth-order valence-electron chi connectivity index (χ4n) is 3.52. The second kappa shape index (κ2) is 8.63. The van der Waals surface area contributed by atoms with E-state index in [-0.39, 0.29) is 34.0 Å². The third kappa shape index (κ3) is 3.58. The van der Waals surface area contributed by atoms with Gasteiger partial charge in [0.1, 0.15) is 0 Å². The Kier molecular flexibility index (Phi) is 6.22. The Labute approximate surface area is 185 Å². The molecule has 0 unspecified atom stereocenters. The maximum atomic E-state index is 2.26. The normalized spacial score (nSPS) is 10.3. The molecule has 0 bridgehead atoms. The molecule has 2 aromatic carbocycles. The molecule has 5 rings (SSSR count). The number of fused-ring (bicyclic) bond motifs is 3. The van der Waals surface area contributed by atoms with Crippen molar-refractivity contribution in [2.24, 2.45) is 0 Å². The lowest BCUT2D eigenvalue weighted by molar-refractivity contribution is -0.556. The first-order chi connectivity index (χ1) is 12.9. The monoisotopic (exact) mass is 492 g/mol. The average molecular weight is 494 g/mol. The summed E-state index contributed by atoms with van der Waals surface area (Å²) in [6.45, 7) is 0. The van der Waals surface area contributed by atoms with E-state index in [0.29, 0.717) is 0 Å². The lowest BCUT2D eigenvalue weighted by atomic mass is 10.0. The molecule has 0 fully saturated rings. The molecule has 0 saturated heterocycles. The van der Waals surface area contributed by atoms with E-state index in [1.807, 2.05) is 6.07 Å². The van der Waals surface area contributed by atoms with Crippen molar-refractivity contribution < 1.29 is 42.8 Å². The molecule has 5 aromatic rings. The highest BCUT2D eigenvalue weighted by Crippen LogP contribution is 2.23. The van der Waals surface area contributed by atoms with Crippen LogP contribution in [0.1, 0.15) is 0 Å². The zero-order valence-corrected chi connectivity index (χ0v) is 18.2. The van der Waals surface area contributed by atoms with Crippen LogP contribution in [0.3, 0.4) is 0 Å². The van der Waals surface area contributed by atoms with Crippen molar-refractivity contribution in [3.05, 3.63) is 110 Å². The Bertz CT molecular complexity index is 1220. The molecule has 0 atom stereocenters. The van der Waals surface area contributed by atoms with E-state index < -0.39 is 0 Å². The van der Waals surface area contributed by atoms with Crippen molar-refractivity contribution in [3.63, 3.8) is 0 Å². The first-order valence-corrected chi connectivity index (χ1v) is 8.79. The van der Waals surface area contributed by atoms with Gasteiger partial charge in [-0.3, -0.25) is 0 Å². The summed E-state index contributed by atoms with van der Waals surface area (Å²) < 4.78 is 4.45. The minimum atomic E-state index is 0. The van der Waals surface area contributed by atoms with Gasteiger partial charge in [-0.05, 0) is 35.4 Å². The molecule has 0 aliphatic heterocycles. The van der Waals surface area contributed by atoms with Gasteiger partial charge in [0.15, 0.2) is 12.4 Å². The minimum absolute atomic E-state index is 0. The molecule has 4 heteroatoms. The van der Waals surface area contributed by atoms with Crippen molar-refractivity contribution in [1.29, 1.82) is 0 Å². The van der Waals surface area contributed by atoms with Gasteiger partial charge in [-0.15, -0.1) is 4.40 Å². The number of hydrogen-bond acceptors (Lipinski definition) is 0. The Morgan fingerprint density at radius 1 is 0.464 bits per heavy atom. The van der Waals surface area contributed by atoms with Crippen LogP contribution in [0, 0.1) is 0 Å². The molecule has 3 aromatic heterocycles. The van der Waals surface area contributed by atoms with Crippen LogP contribution in [-0.2, 0) is 0 Å². The van der Waals surface area contributed by atoms with E-state index in [0.717, 1.165) is 0 Å². The summed E-state index contributed by atoms with van der Waals surface area (Å²) in [6.07, 6.45) is 6.42. The number of nitrogens with zero attached hydrogens (tertiary/aromatic N) is 2. The topological polar surface area (TPSA) is 8.20 Å². The Morgan fingerprint density at radius 2 is 1.04 bits per heavy atom. The van der Waals surface area contributed by atoms with Crippen LogP contribution in [0.4, 0.5) is 0 Å². The van der Waals surface area contributed by atoms with Gasteiger partial charge in [0.05, 0.1) is 5.56 Å². The highest BCUT2D eigenvalue weighted by Gasteiger charge is 2.21. The van der Waals surface area contributed by atoms with Gasteiger partial charge in [0.2, 0.25) is 6.20 Å². The molecule has 0 spiro atoms. The molecule has 0 saturated carbocycles. The molecule has 0 radical (unpaired) electrons. The van der Waals surface area contributed by atoms with Crippen molar-refractivity contribution >= 4 is 11.0 Å². The van der Waals surface area contributed by atoms with Crippen molar-refractivity contribution in [2.45, 2.75) is 0 Å². The quantitative estimate of drug-likeness (QED) is 0.209. The molecular weight excluding hydrogens is 476 g/mol. The molecule has 0 amide bonds. The molecule has 3 heterocycles. The second-order valence-electron chi connectivity index (χ2n) is 6.41. The highest BCUT2D eigenvalue weighted by atomic mass is 79.9. The fourth-order valence-corrected chi connectivity index (χ4v) is 3.52. The van der Waals surface area contributed by atoms with E-state index >= 15 is 0 Å². The summed E-state index contributed by atoms with van der Waals surface area (Å²) in [5, 5.41) is 0. The van der Waals surface area contributed by atoms with Gasteiger partial charge in [0, 0.05) is 24.3 Å². The first kappa shape index (κ1) is 20.2. The number of pyridine rings is 2. The van der Waals surface area contributed by atoms with Crippen LogP contribution in [-0.4, -0.2) is 0 Å². The average Bonchev–Trinajstić information content (AvgIpc) is 2.74. The molecule has 28 heavy (non-hydrogen) atoms. The number of rotatable bonds is 2. The maximum Gasteiger partial charge on any atom is 0.283 e. The van der Waals surface area contributed by atoms with E-state index in [1.54, 1.807) is 0 Å². The van der Waals surface area contributed by atoms with Gasteiger partial charge in [-0.25, -0.2) is 0 Å². The lowest BCUT2D eigenvalue weighted by Crippen LogP contribution is -3.00. The molecule has 138 valence electrons. The zero-order valence-electron chi connectivity index (χ0n) is 15.0. The van der Waals surface area contributed by atoms with Crippen LogP contribution >= 0.6 is 0 Å². The van der Waals surface area contributed by atoms with Gasteiger partial charge in [-0.2, -0.15) is 4.40 Å². The third-order valence-corrected chi connectivity index (χ3v) is 4.82. The summed E-state index contributed by atoms with van der Waals surface area (Å²) in [7, 11) is 0. The molecule has 0 aliphatic carbocycles. The lowest BCUT2D eigenvalue weighted by Gasteiger charge is -2.03. The van der Waals surface area contributed by atoms with Crippen LogP contribution in [0.15, 0.2) is 110 Å². The van der Waals surface area contributed by atoms with Gasteiger partial charge in [-0.1, -0.05) is 42.5 Å². The van der Waals surface area contributed by atoms with Crippen LogP contribution in [0.2, 0.25) is 0 Å². The predicted molar refractivity (Wildman–Crippen MR) is 104 cm³/mol. The van der Waals surface area contributed by atoms with Crippen molar-refractivity contribution in [2.75, 3.05) is 0 Å². The van der Waals surface area contributed by atoms with E-state index in [1.165, 1.54) is 33.4 Å². The predicted octanol–water partition coefficient (Wildman–Crippen LogP) is -1.49. The summed E-state index contributed by atoms with van der Waals surface area (Å²) in [5.41, 5.74) is 7.23. The van der Waals surface area contributed by atoms with Crippen molar-refractivity contribution in [3.8, 4) is 22.4 Å². The van der Waals surface area contributed by atoms with Crippen molar-refractivity contribution in [1.82, 2.24) is 0 Å². The smallest absolute Gasteiger partial charge is 0.283 e. The van der Waals surface area contributed by atoms with Gasteiger partial charge < -0.3 is 34.0 Å². The minimum Gasteiger partial charge on any atom is -1.00 e. The van der Waals surface area contributed by atoms with Crippen LogP contribution in [0.5, 0.6) is 0 Å². The molecule has 2 nitrogen and oxygen atoms in total. The largest absolute Gasteiger partial charge is 1.00 e. The summed E-state index contributed by atoms with van der Waals surface area (Å²) >= 11 is 0. The molecule has 0 aliphatic rings. The SMILES string of the molecule is [Br-].[Br-].c1ccc(-c2ccc(-c3c[n+]4ccccc4c4cccc[n+]34)cc2)cc1. The molecular formula is C24H18Br2N2. The number of hydrogen-bond donors (Lipinski definition) is 0. The Morgan fingerprint density at radius 3 is 1.79 bits per heavy atom. The number of halogens is 2.